The molecule has 1 aromatic heterocycles. The van der Waals surface area contributed by atoms with Crippen molar-refractivity contribution < 1.29 is 9.59 Å². The second-order valence-corrected chi connectivity index (χ2v) is 10.8. The van der Waals surface area contributed by atoms with E-state index in [1.54, 1.807) is 34.9 Å². The van der Waals surface area contributed by atoms with Gasteiger partial charge in [-0.2, -0.15) is 0 Å². The first-order chi connectivity index (χ1) is 17.8. The normalized spacial score (nSPS) is 25.8. The molecule has 0 saturated carbocycles. The molecule has 2 amide bonds. The fourth-order valence-corrected chi connectivity index (χ4v) is 6.70. The number of carbonyl (C=O) groups is 2. The van der Waals surface area contributed by atoms with E-state index in [9.17, 15) is 14.4 Å². The summed E-state index contributed by atoms with van der Waals surface area (Å²) in [5.74, 6) is -1.45. The van der Waals surface area contributed by atoms with Crippen molar-refractivity contribution in [2.24, 2.45) is 17.8 Å². The zero-order valence-electron chi connectivity index (χ0n) is 20.2. The first-order valence-electron chi connectivity index (χ1n) is 12.4. The van der Waals surface area contributed by atoms with Crippen molar-refractivity contribution in [1.82, 2.24) is 14.9 Å². The van der Waals surface area contributed by atoms with Gasteiger partial charge in [-0.05, 0) is 48.4 Å². The molecule has 0 radical (unpaired) electrons. The van der Waals surface area contributed by atoms with Gasteiger partial charge in [0.05, 0.1) is 34.1 Å². The summed E-state index contributed by atoms with van der Waals surface area (Å²) in [5, 5.41) is 4.73. The summed E-state index contributed by atoms with van der Waals surface area (Å²) in [7, 11) is 0. The molecular weight excluding hydrogens is 488 g/mol. The Morgan fingerprint density at radius 3 is 2.38 bits per heavy atom. The average Bonchev–Trinajstić information content (AvgIpc) is 3.49. The number of halogens is 1. The highest BCUT2D eigenvalue weighted by Crippen LogP contribution is 2.56. The predicted molar refractivity (Wildman–Crippen MR) is 141 cm³/mol. The number of amides is 2. The lowest BCUT2D eigenvalue weighted by atomic mass is 9.75. The van der Waals surface area contributed by atoms with E-state index in [2.05, 4.69) is 5.32 Å². The maximum atomic E-state index is 14.3. The second kappa shape index (κ2) is 7.60. The number of nitrogens with zero attached hydrogens (tertiary/aromatic N) is 3. The minimum absolute atomic E-state index is 0.0437. The van der Waals surface area contributed by atoms with Crippen LogP contribution in [0.3, 0.4) is 0 Å². The highest BCUT2D eigenvalue weighted by molar-refractivity contribution is 6.31. The summed E-state index contributed by atoms with van der Waals surface area (Å²) in [6.45, 7) is 4.08. The van der Waals surface area contributed by atoms with Crippen LogP contribution >= 0.6 is 11.6 Å². The van der Waals surface area contributed by atoms with Gasteiger partial charge in [0.25, 0.3) is 5.56 Å². The molecule has 3 aliphatic rings. The van der Waals surface area contributed by atoms with E-state index in [0.717, 1.165) is 5.56 Å². The molecule has 3 aliphatic heterocycles. The molecule has 8 heteroatoms. The Bertz CT molecular complexity index is 1700. The van der Waals surface area contributed by atoms with Gasteiger partial charge in [0.1, 0.15) is 11.4 Å². The zero-order valence-corrected chi connectivity index (χ0v) is 20.9. The van der Waals surface area contributed by atoms with E-state index >= 15 is 0 Å². The molecule has 4 heterocycles. The third-order valence-electron chi connectivity index (χ3n) is 8.10. The van der Waals surface area contributed by atoms with Crippen LogP contribution in [0.25, 0.3) is 16.6 Å². The van der Waals surface area contributed by atoms with Gasteiger partial charge in [-0.25, -0.2) is 9.88 Å². The zero-order chi connectivity index (χ0) is 25.6. The fourth-order valence-electron chi connectivity index (χ4n) is 6.57. The number of imide groups is 1. The van der Waals surface area contributed by atoms with Crippen molar-refractivity contribution >= 4 is 40.0 Å². The van der Waals surface area contributed by atoms with Crippen LogP contribution in [0.2, 0.25) is 5.02 Å². The molecule has 1 N–H and O–H groups in total. The lowest BCUT2D eigenvalue weighted by molar-refractivity contribution is -0.123. The van der Waals surface area contributed by atoms with Gasteiger partial charge in [-0.1, -0.05) is 55.8 Å². The van der Waals surface area contributed by atoms with E-state index < -0.39 is 17.4 Å². The number of para-hydroxylation sites is 2. The Balaban J connectivity index is 1.53. The van der Waals surface area contributed by atoms with Gasteiger partial charge in [-0.15, -0.1) is 0 Å². The minimum Gasteiger partial charge on any atom is -0.296 e. The first kappa shape index (κ1) is 22.4. The van der Waals surface area contributed by atoms with Crippen molar-refractivity contribution in [2.75, 3.05) is 4.90 Å². The molecule has 3 aromatic carbocycles. The molecule has 1 spiro atoms. The molecule has 2 saturated heterocycles. The Labute approximate surface area is 217 Å². The van der Waals surface area contributed by atoms with Gasteiger partial charge in [0, 0.05) is 16.6 Å². The SMILES string of the molecule is CC(C)[C@H]1N[C@@]2(c3ccccc3-n3c2nc2ccccc2c3=O)[C@H]2C(=O)N(c3ccc(Cl)cc3)C(=O)[C@@H]12. The maximum absolute atomic E-state index is 14.3. The third kappa shape index (κ3) is 2.76. The number of aromatic nitrogens is 2. The molecule has 0 unspecified atom stereocenters. The molecule has 0 bridgehead atoms. The van der Waals surface area contributed by atoms with E-state index in [1.165, 1.54) is 4.90 Å². The molecular formula is C29H23ClN4O3. The summed E-state index contributed by atoms with van der Waals surface area (Å²) >= 11 is 6.09. The fraction of sp³-hybridized carbons (Fsp3) is 0.241. The van der Waals surface area contributed by atoms with Gasteiger partial charge >= 0.3 is 0 Å². The predicted octanol–water partition coefficient (Wildman–Crippen LogP) is 4.03. The van der Waals surface area contributed by atoms with Gasteiger partial charge in [-0.3, -0.25) is 24.3 Å². The van der Waals surface area contributed by atoms with E-state index in [4.69, 9.17) is 16.6 Å². The highest BCUT2D eigenvalue weighted by Gasteiger charge is 2.70. The number of rotatable bonds is 2. The molecule has 184 valence electrons. The summed E-state index contributed by atoms with van der Waals surface area (Å²) in [5.41, 5.74) is 1.19. The number of hydrogen-bond acceptors (Lipinski definition) is 5. The van der Waals surface area contributed by atoms with Crippen molar-refractivity contribution in [3.8, 4) is 5.69 Å². The van der Waals surface area contributed by atoms with Crippen molar-refractivity contribution in [3.05, 3.63) is 99.6 Å². The van der Waals surface area contributed by atoms with Gasteiger partial charge < -0.3 is 0 Å². The first-order valence-corrected chi connectivity index (χ1v) is 12.8. The topological polar surface area (TPSA) is 84.3 Å². The van der Waals surface area contributed by atoms with Crippen LogP contribution in [0.4, 0.5) is 5.69 Å². The van der Waals surface area contributed by atoms with Crippen molar-refractivity contribution in [2.45, 2.75) is 25.4 Å². The van der Waals surface area contributed by atoms with E-state index in [1.807, 2.05) is 56.3 Å². The Morgan fingerprint density at radius 1 is 0.919 bits per heavy atom. The van der Waals surface area contributed by atoms with Crippen LogP contribution < -0.4 is 15.8 Å². The van der Waals surface area contributed by atoms with E-state index in [0.29, 0.717) is 33.1 Å². The molecule has 4 aromatic rings. The number of nitrogens with one attached hydrogen (secondary N) is 1. The largest absolute Gasteiger partial charge is 0.296 e. The van der Waals surface area contributed by atoms with Crippen LogP contribution in [0, 0.1) is 17.8 Å². The minimum atomic E-state index is -1.13. The summed E-state index contributed by atoms with van der Waals surface area (Å²) in [4.78, 5) is 48.4. The second-order valence-electron chi connectivity index (χ2n) is 10.3. The molecule has 4 atom stereocenters. The number of carbonyl (C=O) groups excluding carboxylic acids is 2. The summed E-state index contributed by atoms with van der Waals surface area (Å²) in [6.07, 6.45) is 0. The van der Waals surface area contributed by atoms with Gasteiger partial charge in [0.2, 0.25) is 11.8 Å². The van der Waals surface area contributed by atoms with Crippen LogP contribution in [0.5, 0.6) is 0 Å². The quantitative estimate of drug-likeness (QED) is 0.412. The Kier molecular flexibility index (Phi) is 4.60. The standard InChI is InChI=1S/C29H23ClN4O3/c1-15(2)24-22-23(27(37)33(26(22)36)17-13-11-16(30)12-14-17)29(32-24)19-8-4-6-10-21(19)34-25(35)18-7-3-5-9-20(18)31-28(29)34/h3-15,22-24,32H,1-2H3/t22-,23-,24-,29+/m1/s1. The third-order valence-corrected chi connectivity index (χ3v) is 8.35. The number of benzene rings is 3. The van der Waals surface area contributed by atoms with Crippen LogP contribution in [0.15, 0.2) is 77.6 Å². The lowest BCUT2D eigenvalue weighted by Crippen LogP contribution is -2.51. The van der Waals surface area contributed by atoms with Crippen LogP contribution in [-0.4, -0.2) is 27.4 Å². The van der Waals surface area contributed by atoms with Gasteiger partial charge in [0.15, 0.2) is 0 Å². The average molecular weight is 511 g/mol. The lowest BCUT2D eigenvalue weighted by Gasteiger charge is -2.32. The highest BCUT2D eigenvalue weighted by atomic mass is 35.5. The molecule has 2 fully saturated rings. The molecule has 7 nitrogen and oxygen atoms in total. The number of hydrogen-bond donors (Lipinski definition) is 1. The monoisotopic (exact) mass is 510 g/mol. The molecule has 0 aliphatic carbocycles. The smallest absolute Gasteiger partial charge is 0.266 e. The number of anilines is 1. The van der Waals surface area contributed by atoms with Crippen molar-refractivity contribution in [1.29, 1.82) is 0 Å². The Hall–Kier alpha value is -3.81. The number of fused-ring (bicyclic) bond motifs is 8. The van der Waals surface area contributed by atoms with Crippen molar-refractivity contribution in [3.63, 3.8) is 0 Å². The maximum Gasteiger partial charge on any atom is 0.266 e. The molecule has 37 heavy (non-hydrogen) atoms. The van der Waals surface area contributed by atoms with E-state index in [-0.39, 0.29) is 29.3 Å². The van der Waals surface area contributed by atoms with Crippen LogP contribution in [-0.2, 0) is 15.1 Å². The summed E-state index contributed by atoms with van der Waals surface area (Å²) < 4.78 is 1.62. The molecule has 7 rings (SSSR count). The Morgan fingerprint density at radius 2 is 1.62 bits per heavy atom. The van der Waals surface area contributed by atoms with Crippen LogP contribution in [0.1, 0.15) is 25.2 Å². The summed E-state index contributed by atoms with van der Waals surface area (Å²) in [6, 6.07) is 21.2.